The third kappa shape index (κ3) is 2.67. The van der Waals surface area contributed by atoms with Crippen molar-refractivity contribution in [1.29, 1.82) is 0 Å². The van der Waals surface area contributed by atoms with Gasteiger partial charge in [-0.25, -0.2) is 0 Å². The number of carbonyl (C=O) groups is 1. The molecular weight excluding hydrogens is 242 g/mol. The molecule has 2 N–H and O–H groups in total. The third-order valence-electron chi connectivity index (χ3n) is 4.25. The summed E-state index contributed by atoms with van der Waals surface area (Å²) < 4.78 is 5.01. The lowest BCUT2D eigenvalue weighted by Crippen LogP contribution is -2.37. The molecule has 0 heterocycles. The van der Waals surface area contributed by atoms with Crippen LogP contribution in [0.2, 0.25) is 0 Å². The van der Waals surface area contributed by atoms with Crippen LogP contribution in [-0.4, -0.2) is 24.2 Å². The van der Waals surface area contributed by atoms with Crippen LogP contribution in [0.3, 0.4) is 0 Å². The number of amides is 1. The molecular formula is C15H21NO3. The Morgan fingerprint density at radius 1 is 1.37 bits per heavy atom. The second-order valence-corrected chi connectivity index (χ2v) is 5.35. The highest BCUT2D eigenvalue weighted by atomic mass is 16.5. The Morgan fingerprint density at radius 3 is 2.68 bits per heavy atom. The topological polar surface area (TPSA) is 58.6 Å². The van der Waals surface area contributed by atoms with Gasteiger partial charge in [0.1, 0.15) is 0 Å². The molecule has 0 radical (unpaired) electrons. The maximum absolute atomic E-state index is 12.2. The van der Waals surface area contributed by atoms with Crippen molar-refractivity contribution < 1.29 is 14.6 Å². The van der Waals surface area contributed by atoms with Crippen LogP contribution in [0.4, 0.5) is 0 Å². The molecule has 4 heteroatoms. The fraction of sp³-hybridized carbons (Fsp3) is 0.533. The summed E-state index contributed by atoms with van der Waals surface area (Å²) in [6.45, 7) is 4.37. The van der Waals surface area contributed by atoms with Gasteiger partial charge in [-0.15, -0.1) is 0 Å². The molecule has 1 aliphatic carbocycles. The first-order valence-electron chi connectivity index (χ1n) is 6.71. The first-order valence-corrected chi connectivity index (χ1v) is 6.71. The number of phenolic OH excluding ortho intramolecular Hbond substituents is 1. The number of rotatable bonds is 3. The number of hydrogen-bond donors (Lipinski definition) is 2. The summed E-state index contributed by atoms with van der Waals surface area (Å²) >= 11 is 0. The highest BCUT2D eigenvalue weighted by Gasteiger charge is 2.31. The third-order valence-corrected chi connectivity index (χ3v) is 4.25. The standard InChI is InChI=1S/C15H21NO3/c1-9-7-8-12(10(9)2)16-15(18)11-5-4-6-13(19-3)14(11)17/h4-6,9-10,12,17H,7-8H2,1-3H3,(H,16,18). The quantitative estimate of drug-likeness (QED) is 0.881. The van der Waals surface area contributed by atoms with Crippen molar-refractivity contribution in [1.82, 2.24) is 5.32 Å². The number of nitrogens with one attached hydrogen (secondary N) is 1. The molecule has 1 aliphatic rings. The molecule has 104 valence electrons. The maximum atomic E-state index is 12.2. The van der Waals surface area contributed by atoms with Crippen molar-refractivity contribution in [3.63, 3.8) is 0 Å². The minimum atomic E-state index is -0.234. The van der Waals surface area contributed by atoms with E-state index >= 15 is 0 Å². The zero-order valence-corrected chi connectivity index (χ0v) is 11.6. The van der Waals surface area contributed by atoms with E-state index in [1.807, 2.05) is 0 Å². The van der Waals surface area contributed by atoms with Gasteiger partial charge in [-0.2, -0.15) is 0 Å². The van der Waals surface area contributed by atoms with Gasteiger partial charge in [0.05, 0.1) is 12.7 Å². The van der Waals surface area contributed by atoms with Crippen molar-refractivity contribution in [3.8, 4) is 11.5 Å². The van der Waals surface area contributed by atoms with Crippen LogP contribution in [0.1, 0.15) is 37.0 Å². The van der Waals surface area contributed by atoms with Gasteiger partial charge in [0.15, 0.2) is 11.5 Å². The van der Waals surface area contributed by atoms with E-state index in [1.165, 1.54) is 7.11 Å². The summed E-state index contributed by atoms with van der Waals surface area (Å²) in [4.78, 5) is 12.2. The first-order chi connectivity index (χ1) is 9.04. The normalized spacial score (nSPS) is 26.2. The molecule has 1 fully saturated rings. The zero-order valence-electron chi connectivity index (χ0n) is 11.6. The molecule has 0 bridgehead atoms. The van der Waals surface area contributed by atoms with Gasteiger partial charge in [-0.05, 0) is 36.8 Å². The molecule has 3 unspecified atom stereocenters. The summed E-state index contributed by atoms with van der Waals surface area (Å²) in [6.07, 6.45) is 2.13. The Hall–Kier alpha value is -1.71. The Kier molecular flexibility index (Phi) is 3.98. The van der Waals surface area contributed by atoms with E-state index in [4.69, 9.17) is 4.74 Å². The average molecular weight is 263 g/mol. The van der Waals surface area contributed by atoms with Gasteiger partial charge < -0.3 is 15.2 Å². The fourth-order valence-electron chi connectivity index (χ4n) is 2.68. The van der Waals surface area contributed by atoms with Gasteiger partial charge in [-0.3, -0.25) is 4.79 Å². The lowest BCUT2D eigenvalue weighted by atomic mass is 9.97. The molecule has 0 spiro atoms. The molecule has 1 saturated carbocycles. The van der Waals surface area contributed by atoms with E-state index in [2.05, 4.69) is 19.2 Å². The number of para-hydroxylation sites is 1. The molecule has 3 atom stereocenters. The van der Waals surface area contributed by atoms with Crippen molar-refractivity contribution in [2.75, 3.05) is 7.11 Å². The van der Waals surface area contributed by atoms with E-state index in [0.717, 1.165) is 12.8 Å². The number of benzene rings is 1. The summed E-state index contributed by atoms with van der Waals surface area (Å²) in [5.41, 5.74) is 0.270. The van der Waals surface area contributed by atoms with Gasteiger partial charge in [0, 0.05) is 6.04 Å². The van der Waals surface area contributed by atoms with Crippen molar-refractivity contribution in [3.05, 3.63) is 23.8 Å². The first kappa shape index (κ1) is 13.7. The minimum Gasteiger partial charge on any atom is -0.504 e. The van der Waals surface area contributed by atoms with Crippen molar-refractivity contribution in [2.45, 2.75) is 32.7 Å². The summed E-state index contributed by atoms with van der Waals surface area (Å²) in [7, 11) is 1.47. The highest BCUT2D eigenvalue weighted by Crippen LogP contribution is 2.33. The largest absolute Gasteiger partial charge is 0.504 e. The maximum Gasteiger partial charge on any atom is 0.255 e. The molecule has 2 rings (SSSR count). The fourth-order valence-corrected chi connectivity index (χ4v) is 2.68. The van der Waals surface area contributed by atoms with Crippen LogP contribution in [0.15, 0.2) is 18.2 Å². The van der Waals surface area contributed by atoms with E-state index in [1.54, 1.807) is 18.2 Å². The number of ether oxygens (including phenoxy) is 1. The summed E-state index contributed by atoms with van der Waals surface area (Å²) in [6, 6.07) is 5.13. The summed E-state index contributed by atoms with van der Waals surface area (Å²) in [5, 5.41) is 13.0. The molecule has 1 amide bonds. The van der Waals surface area contributed by atoms with Gasteiger partial charge >= 0.3 is 0 Å². The number of phenols is 1. The van der Waals surface area contributed by atoms with E-state index in [9.17, 15) is 9.90 Å². The van der Waals surface area contributed by atoms with E-state index in [-0.39, 0.29) is 23.3 Å². The monoisotopic (exact) mass is 263 g/mol. The van der Waals surface area contributed by atoms with Gasteiger partial charge in [-0.1, -0.05) is 19.9 Å². The number of aromatic hydroxyl groups is 1. The predicted octanol–water partition coefficient (Wildman–Crippen LogP) is 2.57. The van der Waals surface area contributed by atoms with Crippen LogP contribution in [0.25, 0.3) is 0 Å². The Morgan fingerprint density at radius 2 is 2.11 bits per heavy atom. The smallest absolute Gasteiger partial charge is 0.255 e. The predicted molar refractivity (Wildman–Crippen MR) is 73.5 cm³/mol. The lowest BCUT2D eigenvalue weighted by Gasteiger charge is -2.20. The average Bonchev–Trinajstić information content (AvgIpc) is 2.71. The van der Waals surface area contributed by atoms with E-state index < -0.39 is 0 Å². The van der Waals surface area contributed by atoms with Crippen LogP contribution in [-0.2, 0) is 0 Å². The minimum absolute atomic E-state index is 0.0961. The Labute approximate surface area is 113 Å². The van der Waals surface area contributed by atoms with Gasteiger partial charge in [0.25, 0.3) is 5.91 Å². The van der Waals surface area contributed by atoms with Crippen LogP contribution < -0.4 is 10.1 Å². The van der Waals surface area contributed by atoms with Crippen LogP contribution >= 0.6 is 0 Å². The molecule has 0 saturated heterocycles. The molecule has 1 aromatic carbocycles. The number of carbonyl (C=O) groups excluding carboxylic acids is 1. The van der Waals surface area contributed by atoms with Crippen molar-refractivity contribution in [2.24, 2.45) is 11.8 Å². The van der Waals surface area contributed by atoms with E-state index in [0.29, 0.717) is 17.6 Å². The molecule has 0 aromatic heterocycles. The van der Waals surface area contributed by atoms with Crippen molar-refractivity contribution >= 4 is 5.91 Å². The second-order valence-electron chi connectivity index (χ2n) is 5.35. The Balaban J connectivity index is 2.12. The molecule has 0 aliphatic heterocycles. The zero-order chi connectivity index (χ0) is 14.0. The van der Waals surface area contributed by atoms with Crippen LogP contribution in [0.5, 0.6) is 11.5 Å². The molecule has 19 heavy (non-hydrogen) atoms. The second kappa shape index (κ2) is 5.51. The SMILES string of the molecule is COc1cccc(C(=O)NC2CCC(C)C2C)c1O. The molecule has 4 nitrogen and oxygen atoms in total. The summed E-state index contributed by atoms with van der Waals surface area (Å²) in [5.74, 6) is 1.09. The number of hydrogen-bond acceptors (Lipinski definition) is 3. The van der Waals surface area contributed by atoms with Gasteiger partial charge in [0.2, 0.25) is 0 Å². The number of methoxy groups -OCH3 is 1. The highest BCUT2D eigenvalue weighted by molar-refractivity contribution is 5.97. The van der Waals surface area contributed by atoms with Crippen LogP contribution in [0, 0.1) is 11.8 Å². The lowest BCUT2D eigenvalue weighted by molar-refractivity contribution is 0.0924. The molecule has 1 aromatic rings. The Bertz CT molecular complexity index is 472.